The van der Waals surface area contributed by atoms with Crippen molar-refractivity contribution >= 4 is 17.5 Å². The zero-order valence-electron chi connectivity index (χ0n) is 22.2. The SMILES string of the molecule is Cc1c(C(=O)NCC2C(=O)NC(C)CC2C)cc(OC2CCN(C)CC2)cc1N(C)C1CCCC1. The maximum atomic E-state index is 13.4. The molecule has 0 spiro atoms. The number of anilines is 1. The summed E-state index contributed by atoms with van der Waals surface area (Å²) in [5.41, 5.74) is 2.69. The van der Waals surface area contributed by atoms with E-state index in [0.717, 1.165) is 49.4 Å². The lowest BCUT2D eigenvalue weighted by molar-refractivity contribution is -0.129. The second-order valence-electron chi connectivity index (χ2n) is 11.2. The Bertz CT molecular complexity index is 906. The van der Waals surface area contributed by atoms with Gasteiger partial charge in [0.05, 0.1) is 5.92 Å². The van der Waals surface area contributed by atoms with Gasteiger partial charge in [-0.25, -0.2) is 0 Å². The van der Waals surface area contributed by atoms with Crippen LogP contribution < -0.4 is 20.3 Å². The van der Waals surface area contributed by atoms with Crippen LogP contribution in [-0.2, 0) is 4.79 Å². The predicted molar refractivity (Wildman–Crippen MR) is 140 cm³/mol. The van der Waals surface area contributed by atoms with Gasteiger partial charge in [-0.3, -0.25) is 9.59 Å². The number of hydrogen-bond donors (Lipinski definition) is 2. The van der Waals surface area contributed by atoms with Crippen molar-refractivity contribution in [1.29, 1.82) is 0 Å². The average molecular weight is 485 g/mol. The minimum absolute atomic E-state index is 0.0364. The third kappa shape index (κ3) is 6.11. The van der Waals surface area contributed by atoms with Crippen LogP contribution in [0.4, 0.5) is 5.69 Å². The molecule has 3 aliphatic rings. The second-order valence-corrected chi connectivity index (χ2v) is 11.2. The van der Waals surface area contributed by atoms with Crippen molar-refractivity contribution in [3.8, 4) is 5.75 Å². The Morgan fingerprint density at radius 3 is 2.51 bits per heavy atom. The number of nitrogens with one attached hydrogen (secondary N) is 2. The van der Waals surface area contributed by atoms with Crippen molar-refractivity contribution in [3.63, 3.8) is 0 Å². The summed E-state index contributed by atoms with van der Waals surface area (Å²) < 4.78 is 6.45. The van der Waals surface area contributed by atoms with Crippen molar-refractivity contribution in [2.45, 2.75) is 83.9 Å². The molecule has 2 heterocycles. The quantitative estimate of drug-likeness (QED) is 0.617. The second kappa shape index (κ2) is 11.2. The zero-order valence-corrected chi connectivity index (χ0v) is 22.2. The highest BCUT2D eigenvalue weighted by Crippen LogP contribution is 2.35. The van der Waals surface area contributed by atoms with Crippen molar-refractivity contribution in [2.24, 2.45) is 11.8 Å². The van der Waals surface area contributed by atoms with Crippen molar-refractivity contribution in [2.75, 3.05) is 38.6 Å². The molecule has 2 amide bonds. The fraction of sp³-hybridized carbons (Fsp3) is 0.714. The monoisotopic (exact) mass is 484 g/mol. The lowest BCUT2D eigenvalue weighted by atomic mass is 9.84. The topological polar surface area (TPSA) is 73.9 Å². The first-order valence-electron chi connectivity index (χ1n) is 13.5. The predicted octanol–water partition coefficient (Wildman–Crippen LogP) is 3.74. The molecule has 0 radical (unpaired) electrons. The van der Waals surface area contributed by atoms with Crippen LogP contribution in [-0.4, -0.2) is 68.6 Å². The number of likely N-dealkylation sites (tertiary alicyclic amines) is 1. The fourth-order valence-corrected chi connectivity index (χ4v) is 6.11. The van der Waals surface area contributed by atoms with E-state index in [4.69, 9.17) is 4.74 Å². The van der Waals surface area contributed by atoms with Crippen LogP contribution in [0.3, 0.4) is 0 Å². The Hall–Kier alpha value is -2.28. The van der Waals surface area contributed by atoms with Crippen LogP contribution >= 0.6 is 0 Å². The molecule has 2 saturated heterocycles. The van der Waals surface area contributed by atoms with Crippen LogP contribution in [0, 0.1) is 18.8 Å². The van der Waals surface area contributed by atoms with Gasteiger partial charge in [0.25, 0.3) is 5.91 Å². The van der Waals surface area contributed by atoms with Gasteiger partial charge >= 0.3 is 0 Å². The van der Waals surface area contributed by atoms with Gasteiger partial charge in [0.2, 0.25) is 5.91 Å². The molecule has 2 aliphatic heterocycles. The van der Waals surface area contributed by atoms with Crippen molar-refractivity contribution in [3.05, 3.63) is 23.3 Å². The molecule has 4 rings (SSSR count). The molecule has 7 heteroatoms. The van der Waals surface area contributed by atoms with E-state index in [0.29, 0.717) is 18.2 Å². The molecule has 1 aromatic carbocycles. The number of amides is 2. The maximum absolute atomic E-state index is 13.4. The summed E-state index contributed by atoms with van der Waals surface area (Å²) in [5.74, 6) is 0.719. The van der Waals surface area contributed by atoms with Gasteiger partial charge in [-0.05, 0) is 70.5 Å². The van der Waals surface area contributed by atoms with Gasteiger partial charge in [-0.15, -0.1) is 0 Å². The maximum Gasteiger partial charge on any atom is 0.251 e. The lowest BCUT2D eigenvalue weighted by Gasteiger charge is -2.33. The molecular formula is C28H44N4O3. The smallest absolute Gasteiger partial charge is 0.251 e. The van der Waals surface area contributed by atoms with E-state index in [1.807, 2.05) is 19.9 Å². The van der Waals surface area contributed by atoms with Gasteiger partial charge in [0, 0.05) is 56.1 Å². The van der Waals surface area contributed by atoms with Crippen LogP contribution in [0.15, 0.2) is 12.1 Å². The molecule has 0 bridgehead atoms. The summed E-state index contributed by atoms with van der Waals surface area (Å²) >= 11 is 0. The highest BCUT2D eigenvalue weighted by atomic mass is 16.5. The van der Waals surface area contributed by atoms with E-state index in [1.165, 1.54) is 25.7 Å². The number of hydrogen-bond acceptors (Lipinski definition) is 5. The number of carbonyl (C=O) groups excluding carboxylic acids is 2. The Balaban J connectivity index is 1.54. The Kier molecular flexibility index (Phi) is 8.25. The third-order valence-corrected chi connectivity index (χ3v) is 8.44. The van der Waals surface area contributed by atoms with E-state index in [-0.39, 0.29) is 35.8 Å². The summed E-state index contributed by atoms with van der Waals surface area (Å²) in [5, 5.41) is 6.10. The fourth-order valence-electron chi connectivity index (χ4n) is 6.11. The first kappa shape index (κ1) is 25.8. The number of piperidine rings is 2. The highest BCUT2D eigenvalue weighted by molar-refractivity contribution is 5.98. The molecular weight excluding hydrogens is 440 g/mol. The van der Waals surface area contributed by atoms with Gasteiger partial charge in [-0.2, -0.15) is 0 Å². The van der Waals surface area contributed by atoms with E-state index in [9.17, 15) is 9.59 Å². The Morgan fingerprint density at radius 2 is 1.86 bits per heavy atom. The first-order chi connectivity index (χ1) is 16.7. The standard InChI is InChI=1S/C28H44N4O3/c1-18-14-19(2)30-28(34)25(18)17-29-27(33)24-15-23(35-22-10-12-31(4)13-11-22)16-26(20(24)3)32(5)21-8-6-7-9-21/h15-16,18-19,21-22,25H,6-14,17H2,1-5H3,(H,29,33)(H,30,34). The van der Waals surface area contributed by atoms with Crippen LogP contribution in [0.5, 0.6) is 5.75 Å². The summed E-state index contributed by atoms with van der Waals surface area (Å²) in [6, 6.07) is 4.72. The van der Waals surface area contributed by atoms with Crippen LogP contribution in [0.25, 0.3) is 0 Å². The van der Waals surface area contributed by atoms with E-state index >= 15 is 0 Å². The highest BCUT2D eigenvalue weighted by Gasteiger charge is 2.33. The van der Waals surface area contributed by atoms with E-state index < -0.39 is 0 Å². The molecule has 1 aliphatic carbocycles. The van der Waals surface area contributed by atoms with E-state index in [2.05, 4.69) is 47.5 Å². The van der Waals surface area contributed by atoms with Crippen LogP contribution in [0.2, 0.25) is 0 Å². The number of ether oxygens (including phenoxy) is 1. The number of carbonyl (C=O) groups is 2. The third-order valence-electron chi connectivity index (χ3n) is 8.44. The van der Waals surface area contributed by atoms with E-state index in [1.54, 1.807) is 0 Å². The van der Waals surface area contributed by atoms with Crippen molar-refractivity contribution in [1.82, 2.24) is 15.5 Å². The Labute approximate surface area is 210 Å². The summed E-state index contributed by atoms with van der Waals surface area (Å²) in [7, 11) is 4.29. The summed E-state index contributed by atoms with van der Waals surface area (Å²) in [4.78, 5) is 30.6. The van der Waals surface area contributed by atoms with Crippen molar-refractivity contribution < 1.29 is 14.3 Å². The average Bonchev–Trinajstić information content (AvgIpc) is 3.35. The molecule has 2 N–H and O–H groups in total. The minimum atomic E-state index is -0.199. The van der Waals surface area contributed by atoms with Gasteiger partial charge < -0.3 is 25.2 Å². The van der Waals surface area contributed by atoms with Gasteiger partial charge in [0.15, 0.2) is 0 Å². The van der Waals surface area contributed by atoms with Gasteiger partial charge in [0.1, 0.15) is 11.9 Å². The molecule has 3 unspecified atom stereocenters. The largest absolute Gasteiger partial charge is 0.490 e. The Morgan fingerprint density at radius 1 is 1.17 bits per heavy atom. The molecule has 7 nitrogen and oxygen atoms in total. The molecule has 3 fully saturated rings. The van der Waals surface area contributed by atoms with Gasteiger partial charge in [-0.1, -0.05) is 19.8 Å². The summed E-state index contributed by atoms with van der Waals surface area (Å²) in [6.07, 6.45) is 7.97. The minimum Gasteiger partial charge on any atom is -0.490 e. The normalized spacial score (nSPS) is 26.4. The lowest BCUT2D eigenvalue weighted by Crippen LogP contribution is -2.50. The summed E-state index contributed by atoms with van der Waals surface area (Å²) in [6.45, 7) is 8.57. The molecule has 194 valence electrons. The molecule has 0 aromatic heterocycles. The molecule has 35 heavy (non-hydrogen) atoms. The molecule has 3 atom stereocenters. The first-order valence-corrected chi connectivity index (χ1v) is 13.5. The number of rotatable bonds is 7. The number of nitrogens with zero attached hydrogens (tertiary/aromatic N) is 2. The molecule has 1 saturated carbocycles. The molecule has 1 aromatic rings. The zero-order chi connectivity index (χ0) is 25.1. The number of benzene rings is 1. The van der Waals surface area contributed by atoms with Crippen LogP contribution in [0.1, 0.15) is 74.7 Å².